The number of aliphatic hydroxyl groups is 2. The highest BCUT2D eigenvalue weighted by molar-refractivity contribution is 6.21. The third kappa shape index (κ3) is 3.35. The molecule has 0 spiro atoms. The zero-order chi connectivity index (χ0) is 15.4. The molecule has 1 aromatic carbocycles. The van der Waals surface area contributed by atoms with Gasteiger partial charge in [0.05, 0.1) is 11.1 Å². The Morgan fingerprint density at radius 3 is 1.10 bits per heavy atom. The van der Waals surface area contributed by atoms with Gasteiger partial charge in [-0.3, -0.25) is 9.59 Å². The summed E-state index contributed by atoms with van der Waals surface area (Å²) >= 11 is 0. The van der Waals surface area contributed by atoms with E-state index in [1.807, 2.05) is 0 Å². The molecule has 0 aliphatic rings. The number of Topliss-reactive ketones (excluding diaryl/α,β-unsaturated/α-hetero) is 2. The second-order valence-electron chi connectivity index (χ2n) is 4.61. The molecule has 0 unspecified atom stereocenters. The SMILES string of the molecule is CC(=O)/C(=C(/C)O)c1ccc(/C(C(C)=O)=C(\C)O)cc1. The fourth-order valence-electron chi connectivity index (χ4n) is 2.14. The molecule has 106 valence electrons. The Balaban J connectivity index is 3.32. The van der Waals surface area contributed by atoms with E-state index < -0.39 is 0 Å². The molecule has 0 aliphatic carbocycles. The van der Waals surface area contributed by atoms with E-state index in [0.717, 1.165) is 0 Å². The van der Waals surface area contributed by atoms with Gasteiger partial charge in [-0.2, -0.15) is 0 Å². The van der Waals surface area contributed by atoms with E-state index in [2.05, 4.69) is 0 Å². The summed E-state index contributed by atoms with van der Waals surface area (Å²) in [5.74, 6) is -0.575. The molecule has 1 aromatic rings. The Morgan fingerprint density at radius 2 is 0.950 bits per heavy atom. The van der Waals surface area contributed by atoms with Crippen LogP contribution < -0.4 is 0 Å². The quantitative estimate of drug-likeness (QED) is 0.651. The van der Waals surface area contributed by atoms with Gasteiger partial charge in [0.2, 0.25) is 0 Å². The number of ketones is 2. The van der Waals surface area contributed by atoms with Gasteiger partial charge < -0.3 is 10.2 Å². The van der Waals surface area contributed by atoms with Crippen LogP contribution in [-0.2, 0) is 9.59 Å². The molecule has 0 radical (unpaired) electrons. The van der Waals surface area contributed by atoms with Crippen molar-refractivity contribution in [2.75, 3.05) is 0 Å². The summed E-state index contributed by atoms with van der Waals surface area (Å²) in [7, 11) is 0. The van der Waals surface area contributed by atoms with Crippen molar-refractivity contribution in [2.24, 2.45) is 0 Å². The Labute approximate surface area is 118 Å². The molecule has 0 saturated carbocycles. The summed E-state index contributed by atoms with van der Waals surface area (Å²) < 4.78 is 0. The second kappa shape index (κ2) is 6.19. The number of rotatable bonds is 4. The molecule has 1 rings (SSSR count). The summed E-state index contributed by atoms with van der Waals surface area (Å²) in [4.78, 5) is 23.0. The fraction of sp³-hybridized carbons (Fsp3) is 0.250. The predicted octanol–water partition coefficient (Wildman–Crippen LogP) is 3.44. The van der Waals surface area contributed by atoms with Crippen LogP contribution in [0.5, 0.6) is 0 Å². The molecule has 0 aromatic heterocycles. The van der Waals surface area contributed by atoms with Crippen molar-refractivity contribution < 1.29 is 19.8 Å². The molecule has 0 bridgehead atoms. The summed E-state index contributed by atoms with van der Waals surface area (Å²) in [5.41, 5.74) is 1.62. The first kappa shape index (κ1) is 15.7. The van der Waals surface area contributed by atoms with Crippen LogP contribution >= 0.6 is 0 Å². The average Bonchev–Trinajstić information content (AvgIpc) is 2.29. The lowest BCUT2D eigenvalue weighted by atomic mass is 9.96. The standard InChI is InChI=1S/C16H18O4/c1-9(17)15(10(2)18)13-5-7-14(8-6-13)16(11(3)19)12(4)20/h5-8,17,19H,1-4H3/b15-9+,16-11+. The third-order valence-electron chi connectivity index (χ3n) is 2.89. The molecule has 0 fully saturated rings. The Morgan fingerprint density at radius 1 is 0.700 bits per heavy atom. The van der Waals surface area contributed by atoms with Crippen LogP contribution in [0.15, 0.2) is 35.8 Å². The summed E-state index contributed by atoms with van der Waals surface area (Å²) in [6.45, 7) is 5.65. The first-order chi connectivity index (χ1) is 9.25. The van der Waals surface area contributed by atoms with Gasteiger partial charge in [-0.05, 0) is 38.8 Å². The summed E-state index contributed by atoms with van der Waals surface area (Å²) in [6.07, 6.45) is 0. The third-order valence-corrected chi connectivity index (χ3v) is 2.89. The number of allylic oxidation sites excluding steroid dienone is 4. The minimum atomic E-state index is -0.238. The lowest BCUT2D eigenvalue weighted by Gasteiger charge is -2.09. The van der Waals surface area contributed by atoms with Crippen LogP contribution in [0.2, 0.25) is 0 Å². The number of carbonyl (C=O) groups excluding carboxylic acids is 2. The Hall–Kier alpha value is -2.36. The van der Waals surface area contributed by atoms with E-state index in [0.29, 0.717) is 11.1 Å². The maximum atomic E-state index is 11.5. The van der Waals surface area contributed by atoms with Gasteiger partial charge >= 0.3 is 0 Å². The van der Waals surface area contributed by atoms with Crippen molar-refractivity contribution in [3.05, 3.63) is 46.9 Å². The molecule has 2 N–H and O–H groups in total. The first-order valence-corrected chi connectivity index (χ1v) is 6.18. The smallest absolute Gasteiger partial charge is 0.163 e. The van der Waals surface area contributed by atoms with Crippen molar-refractivity contribution in [1.82, 2.24) is 0 Å². The molecule has 20 heavy (non-hydrogen) atoms. The molecular formula is C16H18O4. The Bertz CT molecular complexity index is 541. The van der Waals surface area contributed by atoms with Gasteiger partial charge in [0.25, 0.3) is 0 Å². The normalized spacial score (nSPS) is 13.4. The highest BCUT2D eigenvalue weighted by atomic mass is 16.3. The van der Waals surface area contributed by atoms with Crippen molar-refractivity contribution in [3.8, 4) is 0 Å². The van der Waals surface area contributed by atoms with E-state index in [9.17, 15) is 19.8 Å². The minimum absolute atomic E-state index is 0.0501. The van der Waals surface area contributed by atoms with E-state index in [1.165, 1.54) is 27.7 Å². The monoisotopic (exact) mass is 274 g/mol. The molecular weight excluding hydrogens is 256 g/mol. The molecule has 0 saturated heterocycles. The van der Waals surface area contributed by atoms with E-state index in [1.54, 1.807) is 24.3 Å². The van der Waals surface area contributed by atoms with Crippen molar-refractivity contribution >= 4 is 22.7 Å². The number of hydrogen-bond donors (Lipinski definition) is 2. The fourth-order valence-corrected chi connectivity index (χ4v) is 2.14. The van der Waals surface area contributed by atoms with Crippen molar-refractivity contribution in [2.45, 2.75) is 27.7 Å². The van der Waals surface area contributed by atoms with E-state index in [-0.39, 0.29) is 34.2 Å². The lowest BCUT2D eigenvalue weighted by Crippen LogP contribution is -2.02. The molecule has 0 atom stereocenters. The highest BCUT2D eigenvalue weighted by Crippen LogP contribution is 2.23. The van der Waals surface area contributed by atoms with Gasteiger partial charge in [-0.25, -0.2) is 0 Å². The van der Waals surface area contributed by atoms with Gasteiger partial charge in [-0.15, -0.1) is 0 Å². The van der Waals surface area contributed by atoms with Crippen LogP contribution in [-0.4, -0.2) is 21.8 Å². The molecule has 4 heteroatoms. The van der Waals surface area contributed by atoms with Gasteiger partial charge in [0, 0.05) is 0 Å². The van der Waals surface area contributed by atoms with Gasteiger partial charge in [-0.1, -0.05) is 24.3 Å². The van der Waals surface area contributed by atoms with Crippen LogP contribution in [0.1, 0.15) is 38.8 Å². The number of hydrogen-bond acceptors (Lipinski definition) is 4. The lowest BCUT2D eigenvalue weighted by molar-refractivity contribution is -0.112. The van der Waals surface area contributed by atoms with E-state index >= 15 is 0 Å². The van der Waals surface area contributed by atoms with Crippen LogP contribution in [0.25, 0.3) is 11.1 Å². The van der Waals surface area contributed by atoms with Crippen LogP contribution in [0.3, 0.4) is 0 Å². The zero-order valence-electron chi connectivity index (χ0n) is 12.0. The highest BCUT2D eigenvalue weighted by Gasteiger charge is 2.14. The van der Waals surface area contributed by atoms with Crippen LogP contribution in [0, 0.1) is 0 Å². The van der Waals surface area contributed by atoms with E-state index in [4.69, 9.17) is 0 Å². The zero-order valence-corrected chi connectivity index (χ0v) is 12.0. The van der Waals surface area contributed by atoms with Crippen molar-refractivity contribution in [1.29, 1.82) is 0 Å². The van der Waals surface area contributed by atoms with Crippen LogP contribution in [0.4, 0.5) is 0 Å². The maximum Gasteiger partial charge on any atom is 0.163 e. The molecule has 0 heterocycles. The van der Waals surface area contributed by atoms with Crippen molar-refractivity contribution in [3.63, 3.8) is 0 Å². The maximum absolute atomic E-state index is 11.5. The summed E-state index contributed by atoms with van der Waals surface area (Å²) in [5, 5.41) is 19.1. The molecule has 4 nitrogen and oxygen atoms in total. The number of carbonyl (C=O) groups is 2. The number of aliphatic hydroxyl groups excluding tert-OH is 2. The topological polar surface area (TPSA) is 74.6 Å². The largest absolute Gasteiger partial charge is 0.512 e. The van der Waals surface area contributed by atoms with Gasteiger partial charge in [0.1, 0.15) is 11.5 Å². The second-order valence-corrected chi connectivity index (χ2v) is 4.61. The Kier molecular flexibility index (Phi) is 4.86. The molecule has 0 amide bonds. The van der Waals surface area contributed by atoms with Gasteiger partial charge in [0.15, 0.2) is 11.6 Å². The molecule has 0 aliphatic heterocycles. The minimum Gasteiger partial charge on any atom is -0.512 e. The summed E-state index contributed by atoms with van der Waals surface area (Å²) in [6, 6.07) is 6.55. The first-order valence-electron chi connectivity index (χ1n) is 6.18. The number of benzene rings is 1. The average molecular weight is 274 g/mol. The predicted molar refractivity (Wildman–Crippen MR) is 78.2 cm³/mol.